The molecule has 1 aromatic carbocycles. The van der Waals surface area contributed by atoms with Crippen LogP contribution in [0.1, 0.15) is 31.2 Å². The minimum atomic E-state index is -4.68. The largest absolute Gasteiger partial charge is 0.419 e. The number of hydrogen-bond donors (Lipinski definition) is 2. The topological polar surface area (TPSA) is 38.0 Å². The first kappa shape index (κ1) is 15.1. The zero-order chi connectivity index (χ0) is 14.8. The first-order valence-corrected chi connectivity index (χ1v) is 6.75. The van der Waals surface area contributed by atoms with E-state index in [0.717, 1.165) is 37.8 Å². The molecular weight excluding hydrogens is 272 g/mol. The normalized spacial score (nSPS) is 23.6. The van der Waals surface area contributed by atoms with Crippen molar-refractivity contribution in [1.82, 2.24) is 0 Å². The third-order valence-corrected chi connectivity index (χ3v) is 3.84. The molecule has 20 heavy (non-hydrogen) atoms. The predicted molar refractivity (Wildman–Crippen MR) is 69.8 cm³/mol. The van der Waals surface area contributed by atoms with Gasteiger partial charge in [-0.3, -0.25) is 0 Å². The fourth-order valence-electron chi connectivity index (χ4n) is 2.73. The summed E-state index contributed by atoms with van der Waals surface area (Å²) in [4.78, 5) is 0. The summed E-state index contributed by atoms with van der Waals surface area (Å²) in [5, 5.41) is 3.07. The predicted octanol–water partition coefficient (Wildman–Crippen LogP) is 3.77. The standard InChI is InChI=1S/C14H18F4N2/c15-12-6-5-10(7-11(12)14(16,17)18)20-13-4-2-1-3-9(13)8-19/h5-7,9,13,20H,1-4,8,19H2. The highest BCUT2D eigenvalue weighted by Gasteiger charge is 2.34. The average molecular weight is 290 g/mol. The lowest BCUT2D eigenvalue weighted by Gasteiger charge is -2.32. The molecule has 2 nitrogen and oxygen atoms in total. The summed E-state index contributed by atoms with van der Waals surface area (Å²) >= 11 is 0. The SMILES string of the molecule is NCC1CCCCC1Nc1ccc(F)c(C(F)(F)F)c1. The Balaban J connectivity index is 2.17. The van der Waals surface area contributed by atoms with E-state index in [1.807, 2.05) is 0 Å². The van der Waals surface area contributed by atoms with Crippen molar-refractivity contribution in [1.29, 1.82) is 0 Å². The summed E-state index contributed by atoms with van der Waals surface area (Å²) in [5.41, 5.74) is 4.75. The van der Waals surface area contributed by atoms with Crippen molar-refractivity contribution in [3.63, 3.8) is 0 Å². The van der Waals surface area contributed by atoms with E-state index in [4.69, 9.17) is 5.73 Å². The van der Waals surface area contributed by atoms with Crippen LogP contribution in [-0.2, 0) is 6.18 Å². The first-order valence-electron chi connectivity index (χ1n) is 6.75. The van der Waals surface area contributed by atoms with Gasteiger partial charge in [-0.15, -0.1) is 0 Å². The van der Waals surface area contributed by atoms with Gasteiger partial charge in [-0.05, 0) is 43.5 Å². The van der Waals surface area contributed by atoms with Crippen LogP contribution in [0, 0.1) is 11.7 Å². The molecular formula is C14H18F4N2. The van der Waals surface area contributed by atoms with E-state index >= 15 is 0 Å². The highest BCUT2D eigenvalue weighted by molar-refractivity contribution is 5.48. The molecule has 1 aliphatic rings. The van der Waals surface area contributed by atoms with E-state index < -0.39 is 17.6 Å². The summed E-state index contributed by atoms with van der Waals surface area (Å²) in [7, 11) is 0. The summed E-state index contributed by atoms with van der Waals surface area (Å²) in [5.74, 6) is -0.995. The second-order valence-corrected chi connectivity index (χ2v) is 5.22. The minimum absolute atomic E-state index is 0.0558. The maximum absolute atomic E-state index is 13.2. The van der Waals surface area contributed by atoms with Crippen molar-refractivity contribution in [2.45, 2.75) is 37.9 Å². The third kappa shape index (κ3) is 3.42. The zero-order valence-electron chi connectivity index (χ0n) is 11.0. The molecule has 2 rings (SSSR count). The van der Waals surface area contributed by atoms with Gasteiger partial charge in [0.25, 0.3) is 0 Å². The quantitative estimate of drug-likeness (QED) is 0.832. The molecule has 0 heterocycles. The van der Waals surface area contributed by atoms with E-state index in [1.54, 1.807) is 0 Å². The first-order chi connectivity index (χ1) is 9.41. The fourth-order valence-corrected chi connectivity index (χ4v) is 2.73. The number of hydrogen-bond acceptors (Lipinski definition) is 2. The molecule has 6 heteroatoms. The summed E-state index contributed by atoms with van der Waals surface area (Å²) in [6, 6.07) is 3.08. The molecule has 0 amide bonds. The molecule has 1 aliphatic carbocycles. The Hall–Kier alpha value is -1.30. The molecule has 0 aliphatic heterocycles. The Kier molecular flexibility index (Phi) is 4.52. The van der Waals surface area contributed by atoms with E-state index in [9.17, 15) is 17.6 Å². The van der Waals surface area contributed by atoms with Crippen LogP contribution in [0.3, 0.4) is 0 Å². The fraction of sp³-hybridized carbons (Fsp3) is 0.571. The van der Waals surface area contributed by atoms with Gasteiger partial charge >= 0.3 is 6.18 Å². The van der Waals surface area contributed by atoms with Crippen molar-refractivity contribution >= 4 is 5.69 Å². The van der Waals surface area contributed by atoms with E-state index in [0.29, 0.717) is 12.2 Å². The number of halogens is 4. The lowest BCUT2D eigenvalue weighted by atomic mass is 9.84. The van der Waals surface area contributed by atoms with Gasteiger partial charge in [0, 0.05) is 11.7 Å². The van der Waals surface area contributed by atoms with Crippen molar-refractivity contribution in [2.75, 3.05) is 11.9 Å². The number of nitrogens with two attached hydrogens (primary N) is 1. The molecule has 0 aromatic heterocycles. The molecule has 2 unspecified atom stereocenters. The van der Waals surface area contributed by atoms with Gasteiger partial charge in [0.2, 0.25) is 0 Å². The molecule has 0 saturated heterocycles. The molecule has 0 bridgehead atoms. The van der Waals surface area contributed by atoms with Gasteiger partial charge in [-0.2, -0.15) is 13.2 Å². The smallest absolute Gasteiger partial charge is 0.382 e. The third-order valence-electron chi connectivity index (χ3n) is 3.84. The van der Waals surface area contributed by atoms with Crippen LogP contribution >= 0.6 is 0 Å². The molecule has 1 aromatic rings. The van der Waals surface area contributed by atoms with E-state index in [-0.39, 0.29) is 12.0 Å². The van der Waals surface area contributed by atoms with E-state index in [2.05, 4.69) is 5.32 Å². The monoisotopic (exact) mass is 290 g/mol. The van der Waals surface area contributed by atoms with Crippen LogP contribution in [0.15, 0.2) is 18.2 Å². The van der Waals surface area contributed by atoms with Crippen LogP contribution in [0.5, 0.6) is 0 Å². The minimum Gasteiger partial charge on any atom is -0.382 e. The Labute approximate surface area is 115 Å². The summed E-state index contributed by atoms with van der Waals surface area (Å²) in [6.45, 7) is 0.505. The van der Waals surface area contributed by atoms with Gasteiger partial charge in [-0.1, -0.05) is 12.8 Å². The Morgan fingerprint density at radius 3 is 2.55 bits per heavy atom. The van der Waals surface area contributed by atoms with Crippen molar-refractivity contribution in [3.8, 4) is 0 Å². The molecule has 2 atom stereocenters. The molecule has 112 valence electrons. The number of benzene rings is 1. The van der Waals surface area contributed by atoms with Crippen LogP contribution in [0.2, 0.25) is 0 Å². The second kappa shape index (κ2) is 5.99. The van der Waals surface area contributed by atoms with Gasteiger partial charge in [0.1, 0.15) is 5.82 Å². The lowest BCUT2D eigenvalue weighted by molar-refractivity contribution is -0.139. The molecule has 0 radical (unpaired) electrons. The zero-order valence-corrected chi connectivity index (χ0v) is 11.0. The Morgan fingerprint density at radius 1 is 1.20 bits per heavy atom. The lowest BCUT2D eigenvalue weighted by Crippen LogP contribution is -2.36. The van der Waals surface area contributed by atoms with E-state index in [1.165, 1.54) is 6.07 Å². The highest BCUT2D eigenvalue weighted by Crippen LogP contribution is 2.34. The van der Waals surface area contributed by atoms with Crippen LogP contribution < -0.4 is 11.1 Å². The average Bonchev–Trinajstić information content (AvgIpc) is 2.40. The van der Waals surface area contributed by atoms with Gasteiger partial charge in [0.15, 0.2) is 0 Å². The maximum Gasteiger partial charge on any atom is 0.419 e. The number of nitrogens with one attached hydrogen (secondary N) is 1. The van der Waals surface area contributed by atoms with Crippen molar-refractivity contribution in [2.24, 2.45) is 11.7 Å². The number of rotatable bonds is 3. The number of anilines is 1. The maximum atomic E-state index is 13.2. The Morgan fingerprint density at radius 2 is 1.90 bits per heavy atom. The molecule has 1 fully saturated rings. The molecule has 1 saturated carbocycles. The van der Waals surface area contributed by atoms with Crippen molar-refractivity contribution in [3.05, 3.63) is 29.6 Å². The highest BCUT2D eigenvalue weighted by atomic mass is 19.4. The summed E-state index contributed by atoms with van der Waals surface area (Å²) < 4.78 is 51.2. The number of alkyl halides is 3. The second-order valence-electron chi connectivity index (χ2n) is 5.22. The molecule has 3 N–H and O–H groups in total. The van der Waals surface area contributed by atoms with Crippen LogP contribution in [0.4, 0.5) is 23.2 Å². The van der Waals surface area contributed by atoms with Crippen LogP contribution in [-0.4, -0.2) is 12.6 Å². The van der Waals surface area contributed by atoms with Gasteiger partial charge in [-0.25, -0.2) is 4.39 Å². The Bertz CT molecular complexity index is 459. The van der Waals surface area contributed by atoms with Crippen LogP contribution in [0.25, 0.3) is 0 Å². The summed E-state index contributed by atoms with van der Waals surface area (Å²) in [6.07, 6.45) is -0.706. The van der Waals surface area contributed by atoms with Gasteiger partial charge < -0.3 is 11.1 Å². The molecule has 0 spiro atoms. The van der Waals surface area contributed by atoms with Gasteiger partial charge in [0.05, 0.1) is 5.56 Å². The van der Waals surface area contributed by atoms with Crippen molar-refractivity contribution < 1.29 is 17.6 Å².